The number of nitrogens with zero attached hydrogens (tertiary/aromatic N) is 2. The lowest BCUT2D eigenvalue weighted by Gasteiger charge is -2.20. The second kappa shape index (κ2) is 3.62. The Hall–Kier alpha value is -1.29. The van der Waals surface area contributed by atoms with E-state index >= 15 is 0 Å². The van der Waals surface area contributed by atoms with E-state index in [4.69, 9.17) is 9.52 Å². The molecule has 0 spiro atoms. The zero-order valence-electron chi connectivity index (χ0n) is 7.31. The van der Waals surface area contributed by atoms with E-state index in [0.29, 0.717) is 11.7 Å². The van der Waals surface area contributed by atoms with Gasteiger partial charge in [-0.2, -0.15) is 4.98 Å². The van der Waals surface area contributed by atoms with Gasteiger partial charge in [-0.05, 0) is 6.42 Å². The lowest BCUT2D eigenvalue weighted by molar-refractivity contribution is 0.276. The first-order valence-electron chi connectivity index (χ1n) is 4.35. The molecule has 0 radical (unpaired) electrons. The molecule has 4 nitrogen and oxygen atoms in total. The summed E-state index contributed by atoms with van der Waals surface area (Å²) in [5, 5.41) is 8.79. The molecule has 4 heteroatoms. The summed E-state index contributed by atoms with van der Waals surface area (Å²) in [6.45, 7) is 1.71. The fourth-order valence-electron chi connectivity index (χ4n) is 1.33. The molecule has 1 aromatic rings. The van der Waals surface area contributed by atoms with E-state index in [1.54, 1.807) is 0 Å². The Labute approximate surface area is 76.5 Å². The van der Waals surface area contributed by atoms with Crippen LogP contribution in [0.4, 0.5) is 6.01 Å². The molecule has 1 aliphatic heterocycles. The normalized spacial score (nSPS) is 16.5. The van der Waals surface area contributed by atoms with E-state index in [1.807, 2.05) is 4.90 Å². The summed E-state index contributed by atoms with van der Waals surface area (Å²) in [7, 11) is 0. The maximum absolute atomic E-state index is 8.79. The molecule has 0 bridgehead atoms. The molecular formula is C9H12N2O2. The van der Waals surface area contributed by atoms with Crippen molar-refractivity contribution in [2.45, 2.75) is 13.0 Å². The van der Waals surface area contributed by atoms with Crippen molar-refractivity contribution >= 4 is 6.01 Å². The van der Waals surface area contributed by atoms with Crippen molar-refractivity contribution in [3.05, 3.63) is 24.1 Å². The van der Waals surface area contributed by atoms with Crippen molar-refractivity contribution < 1.29 is 9.52 Å². The molecule has 1 N–H and O–H groups in total. The molecule has 0 aliphatic carbocycles. The van der Waals surface area contributed by atoms with Crippen LogP contribution in [0.3, 0.4) is 0 Å². The molecule has 0 amide bonds. The van der Waals surface area contributed by atoms with E-state index in [9.17, 15) is 0 Å². The van der Waals surface area contributed by atoms with Crippen LogP contribution in [0.2, 0.25) is 0 Å². The van der Waals surface area contributed by atoms with Gasteiger partial charge in [-0.1, -0.05) is 12.2 Å². The van der Waals surface area contributed by atoms with Crippen LogP contribution in [-0.4, -0.2) is 23.2 Å². The number of oxazole rings is 1. The van der Waals surface area contributed by atoms with Crippen molar-refractivity contribution in [1.29, 1.82) is 0 Å². The SMILES string of the molecule is OCc1coc(N2CC=CCC2)n1. The first-order valence-corrected chi connectivity index (χ1v) is 4.35. The highest BCUT2D eigenvalue weighted by Crippen LogP contribution is 2.15. The van der Waals surface area contributed by atoms with Crippen LogP contribution in [0.1, 0.15) is 12.1 Å². The summed E-state index contributed by atoms with van der Waals surface area (Å²) in [4.78, 5) is 6.17. The second-order valence-corrected chi connectivity index (χ2v) is 2.99. The molecular weight excluding hydrogens is 168 g/mol. The Morgan fingerprint density at radius 3 is 3.08 bits per heavy atom. The summed E-state index contributed by atoms with van der Waals surface area (Å²) in [6, 6.07) is 0.605. The monoisotopic (exact) mass is 180 g/mol. The van der Waals surface area contributed by atoms with Gasteiger partial charge in [-0.25, -0.2) is 0 Å². The number of anilines is 1. The van der Waals surface area contributed by atoms with Gasteiger partial charge < -0.3 is 14.4 Å². The topological polar surface area (TPSA) is 49.5 Å². The fraction of sp³-hybridized carbons (Fsp3) is 0.444. The summed E-state index contributed by atoms with van der Waals surface area (Å²) >= 11 is 0. The lowest BCUT2D eigenvalue weighted by Crippen LogP contribution is -2.26. The molecule has 2 rings (SSSR count). The minimum absolute atomic E-state index is 0.0623. The van der Waals surface area contributed by atoms with Gasteiger partial charge >= 0.3 is 0 Å². The molecule has 0 unspecified atom stereocenters. The molecule has 0 atom stereocenters. The molecule has 0 saturated carbocycles. The van der Waals surface area contributed by atoms with Crippen molar-refractivity contribution in [3.63, 3.8) is 0 Å². The Kier molecular flexibility index (Phi) is 2.31. The van der Waals surface area contributed by atoms with Crippen molar-refractivity contribution in [2.75, 3.05) is 18.0 Å². The molecule has 1 aromatic heterocycles. The molecule has 2 heterocycles. The predicted molar refractivity (Wildman–Crippen MR) is 48.4 cm³/mol. The van der Waals surface area contributed by atoms with Gasteiger partial charge in [0.1, 0.15) is 12.0 Å². The third-order valence-electron chi connectivity index (χ3n) is 2.03. The van der Waals surface area contributed by atoms with E-state index < -0.39 is 0 Å². The quantitative estimate of drug-likeness (QED) is 0.688. The van der Waals surface area contributed by atoms with Gasteiger partial charge in [0.25, 0.3) is 6.01 Å². The van der Waals surface area contributed by atoms with E-state index in [-0.39, 0.29) is 6.61 Å². The van der Waals surface area contributed by atoms with Crippen molar-refractivity contribution in [2.24, 2.45) is 0 Å². The summed E-state index contributed by atoms with van der Waals surface area (Å²) in [5.74, 6) is 0. The predicted octanol–water partition coefficient (Wildman–Crippen LogP) is 0.933. The molecule has 70 valence electrons. The standard InChI is InChI=1S/C9H12N2O2/c12-6-8-7-13-9(10-8)11-4-2-1-3-5-11/h1-2,7,12H,3-6H2. The maximum atomic E-state index is 8.79. The third kappa shape index (κ3) is 1.72. The van der Waals surface area contributed by atoms with E-state index in [0.717, 1.165) is 19.5 Å². The first-order chi connectivity index (χ1) is 6.40. The van der Waals surface area contributed by atoms with E-state index in [1.165, 1.54) is 6.26 Å². The van der Waals surface area contributed by atoms with E-state index in [2.05, 4.69) is 17.1 Å². The Balaban J connectivity index is 2.10. The van der Waals surface area contributed by atoms with Gasteiger partial charge in [-0.15, -0.1) is 0 Å². The van der Waals surface area contributed by atoms with Crippen LogP contribution in [-0.2, 0) is 6.61 Å². The highest BCUT2D eigenvalue weighted by atomic mass is 16.4. The smallest absolute Gasteiger partial charge is 0.297 e. The van der Waals surface area contributed by atoms with Crippen LogP contribution in [0, 0.1) is 0 Å². The van der Waals surface area contributed by atoms with Gasteiger partial charge in [0.15, 0.2) is 0 Å². The largest absolute Gasteiger partial charge is 0.432 e. The highest BCUT2D eigenvalue weighted by molar-refractivity contribution is 5.30. The minimum Gasteiger partial charge on any atom is -0.432 e. The minimum atomic E-state index is -0.0623. The third-order valence-corrected chi connectivity index (χ3v) is 2.03. The van der Waals surface area contributed by atoms with Crippen molar-refractivity contribution in [3.8, 4) is 0 Å². The van der Waals surface area contributed by atoms with Crippen LogP contribution in [0.25, 0.3) is 0 Å². The number of hydrogen-bond acceptors (Lipinski definition) is 4. The zero-order chi connectivity index (χ0) is 9.10. The number of rotatable bonds is 2. The van der Waals surface area contributed by atoms with Crippen molar-refractivity contribution in [1.82, 2.24) is 4.98 Å². The number of aromatic nitrogens is 1. The number of aliphatic hydroxyl groups is 1. The summed E-state index contributed by atoms with van der Waals surface area (Å²) in [6.07, 6.45) is 6.75. The van der Waals surface area contributed by atoms with Gasteiger partial charge in [0.05, 0.1) is 6.61 Å². The van der Waals surface area contributed by atoms with Crippen LogP contribution >= 0.6 is 0 Å². The van der Waals surface area contributed by atoms with Crippen LogP contribution in [0.15, 0.2) is 22.8 Å². The van der Waals surface area contributed by atoms with Gasteiger partial charge in [-0.3, -0.25) is 0 Å². The zero-order valence-corrected chi connectivity index (χ0v) is 7.31. The number of hydrogen-bond donors (Lipinski definition) is 1. The van der Waals surface area contributed by atoms with Crippen LogP contribution < -0.4 is 4.90 Å². The average Bonchev–Trinajstić information content (AvgIpc) is 2.67. The molecule has 0 saturated heterocycles. The Morgan fingerprint density at radius 2 is 2.46 bits per heavy atom. The lowest BCUT2D eigenvalue weighted by atomic mass is 10.3. The average molecular weight is 180 g/mol. The summed E-state index contributed by atoms with van der Waals surface area (Å²) < 4.78 is 5.22. The Morgan fingerprint density at radius 1 is 1.54 bits per heavy atom. The summed E-state index contributed by atoms with van der Waals surface area (Å²) in [5.41, 5.74) is 0.588. The Bertz CT molecular complexity index is 306. The first kappa shape index (κ1) is 8.31. The number of aliphatic hydroxyl groups excluding tert-OH is 1. The van der Waals surface area contributed by atoms with Gasteiger partial charge in [0.2, 0.25) is 0 Å². The highest BCUT2D eigenvalue weighted by Gasteiger charge is 2.12. The van der Waals surface area contributed by atoms with Gasteiger partial charge in [0, 0.05) is 13.1 Å². The van der Waals surface area contributed by atoms with Crippen LogP contribution in [0.5, 0.6) is 0 Å². The molecule has 13 heavy (non-hydrogen) atoms. The molecule has 0 fully saturated rings. The maximum Gasteiger partial charge on any atom is 0.297 e. The fourth-order valence-corrected chi connectivity index (χ4v) is 1.33. The molecule has 0 aromatic carbocycles. The molecule has 1 aliphatic rings. The second-order valence-electron chi connectivity index (χ2n) is 2.99.